The Morgan fingerprint density at radius 3 is 2.15 bits per heavy atom. The molecule has 0 aromatic carbocycles. The van der Waals surface area contributed by atoms with Gasteiger partial charge in [0, 0.05) is 0 Å². The first-order chi connectivity index (χ1) is 8.94. The van der Waals surface area contributed by atoms with Gasteiger partial charge in [-0.1, -0.05) is 6.08 Å². The highest BCUT2D eigenvalue weighted by molar-refractivity contribution is 6.55. The normalized spacial score (nSPS) is 28.8. The first kappa shape index (κ1) is 15.2. The third-order valence-corrected chi connectivity index (χ3v) is 3.87. The summed E-state index contributed by atoms with van der Waals surface area (Å²) < 4.78 is 50.4. The average Bonchev–Trinajstić information content (AvgIpc) is 2.46. The minimum absolute atomic E-state index is 0.426. The first-order valence-corrected chi connectivity index (χ1v) is 6.22. The maximum absolute atomic E-state index is 13.0. The molecule has 2 heterocycles. The maximum Gasteiger partial charge on any atom is 0.471 e. The minimum atomic E-state index is -4.62. The molecule has 0 spiro atoms. The van der Waals surface area contributed by atoms with Crippen LogP contribution in [0.15, 0.2) is 17.1 Å². The maximum atomic E-state index is 13.0. The third kappa shape index (κ3) is 2.54. The van der Waals surface area contributed by atoms with E-state index in [0.717, 1.165) is 0 Å². The second-order valence-corrected chi connectivity index (χ2v) is 5.89. The van der Waals surface area contributed by atoms with Crippen molar-refractivity contribution in [1.82, 2.24) is 0 Å². The molecule has 0 saturated carbocycles. The van der Waals surface area contributed by atoms with Crippen molar-refractivity contribution in [2.75, 3.05) is 0 Å². The lowest BCUT2D eigenvalue weighted by atomic mass is 9.67. The Morgan fingerprint density at radius 1 is 1.20 bits per heavy atom. The third-order valence-electron chi connectivity index (χ3n) is 3.87. The van der Waals surface area contributed by atoms with Gasteiger partial charge < -0.3 is 9.31 Å². The van der Waals surface area contributed by atoms with E-state index in [1.54, 1.807) is 27.7 Å². The summed E-state index contributed by atoms with van der Waals surface area (Å²) in [6.45, 7) is 7.08. The summed E-state index contributed by atoms with van der Waals surface area (Å²) in [5.74, 6) is -1.59. The van der Waals surface area contributed by atoms with Crippen LogP contribution < -0.4 is 0 Å². The standard InChI is InChI=1S/C12H16BF3N2O2/c1-10(2)11(3,4)20-13(19-10)7-5-6-8(17)18-9(7)12(14,15)16/h5-7,17H,1-4H3. The van der Waals surface area contributed by atoms with E-state index in [1.165, 1.54) is 12.2 Å². The fourth-order valence-corrected chi connectivity index (χ4v) is 2.03. The van der Waals surface area contributed by atoms with Crippen LogP contribution >= 0.6 is 0 Å². The van der Waals surface area contributed by atoms with Crippen molar-refractivity contribution in [2.24, 2.45) is 4.99 Å². The van der Waals surface area contributed by atoms with Crippen molar-refractivity contribution in [3.63, 3.8) is 0 Å². The van der Waals surface area contributed by atoms with Gasteiger partial charge >= 0.3 is 13.3 Å². The van der Waals surface area contributed by atoms with E-state index in [-0.39, 0.29) is 0 Å². The quantitative estimate of drug-likeness (QED) is 0.754. The lowest BCUT2D eigenvalue weighted by Crippen LogP contribution is -2.41. The smallest absolute Gasteiger partial charge is 0.403 e. The largest absolute Gasteiger partial charge is 0.471 e. The number of hydrogen-bond donors (Lipinski definition) is 1. The van der Waals surface area contributed by atoms with Gasteiger partial charge in [0.2, 0.25) is 0 Å². The zero-order valence-corrected chi connectivity index (χ0v) is 11.7. The van der Waals surface area contributed by atoms with E-state index in [0.29, 0.717) is 0 Å². The van der Waals surface area contributed by atoms with Crippen molar-refractivity contribution in [3.05, 3.63) is 12.2 Å². The minimum Gasteiger partial charge on any atom is -0.403 e. The van der Waals surface area contributed by atoms with E-state index in [1.807, 2.05) is 0 Å². The van der Waals surface area contributed by atoms with Crippen molar-refractivity contribution >= 4 is 18.7 Å². The SMILES string of the molecule is CC1(C)OB(C2C=CC(=N)N=C2C(F)(F)F)OC1(C)C. The number of halogens is 3. The van der Waals surface area contributed by atoms with Crippen molar-refractivity contribution < 1.29 is 22.5 Å². The molecule has 4 nitrogen and oxygen atoms in total. The Kier molecular flexibility index (Phi) is 3.37. The lowest BCUT2D eigenvalue weighted by Gasteiger charge is -2.32. The van der Waals surface area contributed by atoms with Crippen molar-refractivity contribution in [2.45, 2.75) is 50.9 Å². The molecule has 2 rings (SSSR count). The predicted octanol–water partition coefficient (Wildman–Crippen LogP) is 3.00. The molecule has 0 bridgehead atoms. The van der Waals surface area contributed by atoms with Crippen LogP contribution in [0.2, 0.25) is 5.82 Å². The summed E-state index contributed by atoms with van der Waals surface area (Å²) >= 11 is 0. The van der Waals surface area contributed by atoms with Gasteiger partial charge in [-0.3, -0.25) is 5.41 Å². The van der Waals surface area contributed by atoms with Crippen LogP contribution in [0.3, 0.4) is 0 Å². The molecule has 2 aliphatic heterocycles. The Labute approximate surface area is 115 Å². The van der Waals surface area contributed by atoms with Gasteiger partial charge in [-0.25, -0.2) is 4.99 Å². The molecular formula is C12H16BF3N2O2. The molecule has 0 amide bonds. The molecule has 0 aromatic heterocycles. The summed E-state index contributed by atoms with van der Waals surface area (Å²) in [5.41, 5.74) is -2.48. The molecule has 110 valence electrons. The van der Waals surface area contributed by atoms with Crippen LogP contribution in [0, 0.1) is 5.41 Å². The molecule has 1 unspecified atom stereocenters. The summed E-state index contributed by atoms with van der Waals surface area (Å²) in [6.07, 6.45) is -2.13. The Balaban J connectivity index is 2.32. The predicted molar refractivity (Wildman–Crippen MR) is 70.2 cm³/mol. The second-order valence-electron chi connectivity index (χ2n) is 5.89. The monoisotopic (exact) mass is 288 g/mol. The molecule has 1 saturated heterocycles. The molecule has 20 heavy (non-hydrogen) atoms. The van der Waals surface area contributed by atoms with Crippen LogP contribution in [-0.4, -0.2) is 36.0 Å². The summed E-state index contributed by atoms with van der Waals surface area (Å²) in [7, 11) is -1.07. The fourth-order valence-electron chi connectivity index (χ4n) is 2.03. The average molecular weight is 288 g/mol. The molecule has 1 fully saturated rings. The van der Waals surface area contributed by atoms with E-state index in [4.69, 9.17) is 14.7 Å². The number of aliphatic imine (C=N–C) groups is 1. The second kappa shape index (κ2) is 4.43. The highest BCUT2D eigenvalue weighted by Crippen LogP contribution is 2.43. The first-order valence-electron chi connectivity index (χ1n) is 6.22. The van der Waals surface area contributed by atoms with Gasteiger partial charge in [0.05, 0.1) is 17.0 Å². The number of amidine groups is 1. The Hall–Kier alpha value is -1.15. The van der Waals surface area contributed by atoms with Crippen molar-refractivity contribution in [3.8, 4) is 0 Å². The molecule has 0 aliphatic carbocycles. The van der Waals surface area contributed by atoms with E-state index in [9.17, 15) is 13.2 Å². The molecular weight excluding hydrogens is 272 g/mol. The van der Waals surface area contributed by atoms with Gasteiger partial charge in [0.25, 0.3) is 0 Å². The van der Waals surface area contributed by atoms with Gasteiger partial charge in [-0.15, -0.1) is 0 Å². The topological polar surface area (TPSA) is 54.7 Å². The summed E-state index contributed by atoms with van der Waals surface area (Å²) in [5, 5.41) is 7.26. The van der Waals surface area contributed by atoms with Gasteiger partial charge in [0.15, 0.2) is 0 Å². The fraction of sp³-hybridized carbons (Fsp3) is 0.667. The summed E-state index contributed by atoms with van der Waals surface area (Å²) in [6, 6.07) is 0. The Morgan fingerprint density at radius 2 is 1.70 bits per heavy atom. The molecule has 0 radical (unpaired) electrons. The number of nitrogens with one attached hydrogen (secondary N) is 1. The molecule has 0 aromatic rings. The zero-order chi connectivity index (χ0) is 15.3. The van der Waals surface area contributed by atoms with E-state index in [2.05, 4.69) is 4.99 Å². The van der Waals surface area contributed by atoms with Crippen LogP contribution in [0.1, 0.15) is 27.7 Å². The van der Waals surface area contributed by atoms with Crippen LogP contribution in [0.25, 0.3) is 0 Å². The summed E-state index contributed by atoms with van der Waals surface area (Å²) in [4.78, 5) is 3.30. The molecule has 1 atom stereocenters. The van der Waals surface area contributed by atoms with E-state index >= 15 is 0 Å². The number of dihydropyridines is 1. The number of rotatable bonds is 1. The number of nitrogens with zero attached hydrogens (tertiary/aromatic N) is 1. The molecule has 8 heteroatoms. The Bertz CT molecular complexity index is 481. The van der Waals surface area contributed by atoms with Gasteiger partial charge in [-0.05, 0) is 33.8 Å². The highest BCUT2D eigenvalue weighted by atomic mass is 19.4. The number of alkyl halides is 3. The van der Waals surface area contributed by atoms with Crippen LogP contribution in [-0.2, 0) is 9.31 Å². The number of hydrogen-bond acceptors (Lipinski definition) is 3. The highest BCUT2D eigenvalue weighted by Gasteiger charge is 2.57. The lowest BCUT2D eigenvalue weighted by molar-refractivity contribution is -0.0602. The molecule has 2 aliphatic rings. The zero-order valence-electron chi connectivity index (χ0n) is 11.7. The van der Waals surface area contributed by atoms with Gasteiger partial charge in [-0.2, -0.15) is 13.2 Å². The molecule has 1 N–H and O–H groups in total. The van der Waals surface area contributed by atoms with Crippen LogP contribution in [0.5, 0.6) is 0 Å². The van der Waals surface area contributed by atoms with Crippen LogP contribution in [0.4, 0.5) is 13.2 Å². The van der Waals surface area contributed by atoms with Crippen molar-refractivity contribution in [1.29, 1.82) is 5.41 Å². The van der Waals surface area contributed by atoms with Gasteiger partial charge in [0.1, 0.15) is 11.5 Å². The van der Waals surface area contributed by atoms with E-state index < -0.39 is 41.9 Å². The number of allylic oxidation sites excluding steroid dienone is 1.